The molecule has 0 spiro atoms. The van der Waals surface area contributed by atoms with Crippen LogP contribution in [0.3, 0.4) is 0 Å². The van der Waals surface area contributed by atoms with Crippen LogP contribution in [-0.4, -0.2) is 42.5 Å². The summed E-state index contributed by atoms with van der Waals surface area (Å²) in [4.78, 5) is 0. The van der Waals surface area contributed by atoms with E-state index in [4.69, 9.17) is 0 Å². The molecule has 0 N–H and O–H groups in total. The van der Waals surface area contributed by atoms with Gasteiger partial charge < -0.3 is 4.43 Å². The van der Waals surface area contributed by atoms with E-state index in [1.807, 2.05) is 0 Å². The van der Waals surface area contributed by atoms with Crippen LogP contribution in [0.5, 0.6) is 0 Å². The fourth-order valence-corrected chi connectivity index (χ4v) is 4.71. The molecule has 8 heteroatoms. The second-order valence-corrected chi connectivity index (χ2v) is 6.69. The first-order chi connectivity index (χ1) is 6.29. The van der Waals surface area contributed by atoms with E-state index in [0.29, 0.717) is 6.42 Å². The van der Waals surface area contributed by atoms with Crippen LogP contribution in [0, 0.1) is 0 Å². The van der Waals surface area contributed by atoms with Crippen molar-refractivity contribution >= 4 is 19.6 Å². The second-order valence-electron chi connectivity index (χ2n) is 3.12. The standard InChI is InChI=1S/C6H9F3O3SSi/c7-6(8,9)4-12-14-5-1-2-13(10,11)3-5/h5H,1-4H2. The Labute approximate surface area is 82.5 Å². The molecule has 1 saturated heterocycles. The summed E-state index contributed by atoms with van der Waals surface area (Å²) in [5, 5.41) is 0. The Morgan fingerprint density at radius 2 is 2.07 bits per heavy atom. The van der Waals surface area contributed by atoms with Crippen molar-refractivity contribution in [1.82, 2.24) is 0 Å². The van der Waals surface area contributed by atoms with Crippen LogP contribution >= 0.6 is 0 Å². The molecule has 1 fully saturated rings. The van der Waals surface area contributed by atoms with Crippen LogP contribution in [-0.2, 0) is 14.3 Å². The second kappa shape index (κ2) is 4.19. The van der Waals surface area contributed by atoms with Gasteiger partial charge in [0.25, 0.3) is 0 Å². The van der Waals surface area contributed by atoms with Gasteiger partial charge in [-0.25, -0.2) is 8.42 Å². The highest BCUT2D eigenvalue weighted by Gasteiger charge is 2.32. The summed E-state index contributed by atoms with van der Waals surface area (Å²) in [7, 11) is -3.39. The van der Waals surface area contributed by atoms with E-state index >= 15 is 0 Å². The summed E-state index contributed by atoms with van der Waals surface area (Å²) >= 11 is 0. The average Bonchev–Trinajstić information content (AvgIpc) is 2.27. The lowest BCUT2D eigenvalue weighted by Gasteiger charge is -2.08. The fraction of sp³-hybridized carbons (Fsp3) is 1.00. The van der Waals surface area contributed by atoms with Crippen LogP contribution < -0.4 is 0 Å². The Kier molecular flexibility index (Phi) is 3.59. The molecule has 0 saturated carbocycles. The molecule has 82 valence electrons. The molecule has 1 aliphatic rings. The van der Waals surface area contributed by atoms with Gasteiger partial charge in [0.05, 0.1) is 11.5 Å². The Bertz CT molecular complexity index is 287. The third-order valence-corrected chi connectivity index (χ3v) is 4.92. The normalized spacial score (nSPS) is 26.6. The highest BCUT2D eigenvalue weighted by atomic mass is 32.2. The highest BCUT2D eigenvalue weighted by molar-refractivity contribution is 7.91. The van der Waals surface area contributed by atoms with Gasteiger partial charge in [0.15, 0.2) is 0 Å². The molecule has 1 heterocycles. The van der Waals surface area contributed by atoms with Crippen LogP contribution in [0.15, 0.2) is 0 Å². The highest BCUT2D eigenvalue weighted by Crippen LogP contribution is 2.23. The third-order valence-electron chi connectivity index (χ3n) is 1.72. The maximum Gasteiger partial charge on any atom is 0.410 e. The van der Waals surface area contributed by atoms with Crippen molar-refractivity contribution in [2.24, 2.45) is 0 Å². The molecule has 1 atom stereocenters. The molecule has 0 bridgehead atoms. The van der Waals surface area contributed by atoms with E-state index < -0.39 is 22.6 Å². The molecular weight excluding hydrogens is 237 g/mol. The summed E-state index contributed by atoms with van der Waals surface area (Å²) in [6.07, 6.45) is -3.91. The van der Waals surface area contributed by atoms with Crippen LogP contribution in [0.2, 0.25) is 5.54 Å². The van der Waals surface area contributed by atoms with Gasteiger partial charge >= 0.3 is 6.18 Å². The van der Waals surface area contributed by atoms with Crippen LogP contribution in [0.1, 0.15) is 6.42 Å². The Balaban J connectivity index is 2.22. The molecule has 0 aromatic carbocycles. The number of sulfone groups is 1. The van der Waals surface area contributed by atoms with Gasteiger partial charge in [0, 0.05) is 0 Å². The van der Waals surface area contributed by atoms with E-state index in [1.165, 1.54) is 0 Å². The predicted octanol–water partition coefficient (Wildman–Crippen LogP) is 0.791. The molecule has 1 rings (SSSR count). The van der Waals surface area contributed by atoms with E-state index in [1.54, 1.807) is 0 Å². The summed E-state index contributed by atoms with van der Waals surface area (Å²) in [6, 6.07) is 0. The van der Waals surface area contributed by atoms with Crippen molar-refractivity contribution < 1.29 is 26.0 Å². The summed E-state index contributed by atoms with van der Waals surface area (Å²) < 4.78 is 61.2. The van der Waals surface area contributed by atoms with Crippen LogP contribution in [0.4, 0.5) is 13.2 Å². The largest absolute Gasteiger partial charge is 0.410 e. The SMILES string of the molecule is O=S1(=O)CCC([Si]OCC(F)(F)F)C1. The minimum Gasteiger partial charge on any atom is -0.408 e. The monoisotopic (exact) mass is 246 g/mol. The molecule has 1 unspecified atom stereocenters. The Hall–Kier alpha value is -0.0831. The van der Waals surface area contributed by atoms with E-state index in [2.05, 4.69) is 4.43 Å². The smallest absolute Gasteiger partial charge is 0.408 e. The van der Waals surface area contributed by atoms with Crippen molar-refractivity contribution in [3.05, 3.63) is 0 Å². The van der Waals surface area contributed by atoms with Crippen molar-refractivity contribution in [2.45, 2.75) is 18.1 Å². The van der Waals surface area contributed by atoms with Gasteiger partial charge in [0.2, 0.25) is 9.76 Å². The number of alkyl halides is 3. The first-order valence-corrected chi connectivity index (χ1v) is 6.74. The molecule has 1 aliphatic heterocycles. The molecule has 0 aromatic rings. The van der Waals surface area contributed by atoms with Gasteiger partial charge in [0.1, 0.15) is 16.4 Å². The number of rotatable bonds is 3. The van der Waals surface area contributed by atoms with Crippen molar-refractivity contribution in [2.75, 3.05) is 18.1 Å². The van der Waals surface area contributed by atoms with Gasteiger partial charge in [-0.2, -0.15) is 13.2 Å². The van der Waals surface area contributed by atoms with Gasteiger partial charge in [-0.05, 0) is 12.0 Å². The molecule has 0 aromatic heterocycles. The molecule has 0 aliphatic carbocycles. The quantitative estimate of drug-likeness (QED) is 0.692. The zero-order valence-corrected chi connectivity index (χ0v) is 8.99. The number of hydrogen-bond donors (Lipinski definition) is 0. The molecule has 14 heavy (non-hydrogen) atoms. The molecule has 2 radical (unpaired) electrons. The van der Waals surface area contributed by atoms with Crippen molar-refractivity contribution in [1.29, 1.82) is 0 Å². The lowest BCUT2D eigenvalue weighted by Crippen LogP contribution is -2.21. The van der Waals surface area contributed by atoms with Crippen molar-refractivity contribution in [3.63, 3.8) is 0 Å². The molecule has 3 nitrogen and oxygen atoms in total. The Morgan fingerprint density at radius 1 is 1.43 bits per heavy atom. The summed E-state index contributed by atoms with van der Waals surface area (Å²) in [6.45, 7) is -1.29. The zero-order valence-electron chi connectivity index (χ0n) is 7.17. The lowest BCUT2D eigenvalue weighted by atomic mass is 10.4. The van der Waals surface area contributed by atoms with Gasteiger partial charge in [-0.3, -0.25) is 0 Å². The first kappa shape index (κ1) is 12.0. The van der Waals surface area contributed by atoms with Gasteiger partial charge in [-0.15, -0.1) is 0 Å². The average molecular weight is 246 g/mol. The predicted molar refractivity (Wildman–Crippen MR) is 44.8 cm³/mol. The Morgan fingerprint density at radius 3 is 2.50 bits per heavy atom. The zero-order chi connectivity index (χ0) is 10.8. The first-order valence-electron chi connectivity index (χ1n) is 3.93. The molecular formula is C6H9F3O3SSi. The third kappa shape index (κ3) is 4.42. The lowest BCUT2D eigenvalue weighted by molar-refractivity contribution is -0.153. The van der Waals surface area contributed by atoms with Crippen LogP contribution in [0.25, 0.3) is 0 Å². The summed E-state index contributed by atoms with van der Waals surface area (Å²) in [5.41, 5.74) is -0.248. The minimum atomic E-state index is -4.33. The van der Waals surface area contributed by atoms with Crippen molar-refractivity contribution in [3.8, 4) is 0 Å². The fourth-order valence-electron chi connectivity index (χ4n) is 1.13. The van der Waals surface area contributed by atoms with E-state index in [0.717, 1.165) is 0 Å². The number of halogens is 3. The van der Waals surface area contributed by atoms with E-state index in [9.17, 15) is 21.6 Å². The minimum absolute atomic E-state index is 0.0384. The maximum atomic E-state index is 11.6. The maximum absolute atomic E-state index is 11.6. The summed E-state index contributed by atoms with van der Waals surface area (Å²) in [5.74, 6) is 0.0311. The molecule has 0 amide bonds. The van der Waals surface area contributed by atoms with Gasteiger partial charge in [-0.1, -0.05) is 0 Å². The topological polar surface area (TPSA) is 43.4 Å². The van der Waals surface area contributed by atoms with E-state index in [-0.39, 0.29) is 26.8 Å². The number of hydrogen-bond acceptors (Lipinski definition) is 3.